The van der Waals surface area contributed by atoms with Gasteiger partial charge in [0, 0.05) is 12.2 Å². The molecule has 1 saturated heterocycles. The van der Waals surface area contributed by atoms with Gasteiger partial charge in [-0.15, -0.1) is 0 Å². The van der Waals surface area contributed by atoms with Crippen molar-refractivity contribution < 1.29 is 9.90 Å². The lowest BCUT2D eigenvalue weighted by atomic mass is 9.98. The van der Waals surface area contributed by atoms with Crippen molar-refractivity contribution in [2.75, 3.05) is 6.54 Å². The number of pyridine rings is 1. The second kappa shape index (κ2) is 3.14. The van der Waals surface area contributed by atoms with E-state index in [1.807, 2.05) is 6.07 Å². The minimum absolute atomic E-state index is 0.117. The molecular formula is C9H10N2O2. The molecule has 1 fully saturated rings. The van der Waals surface area contributed by atoms with E-state index in [2.05, 4.69) is 10.3 Å². The van der Waals surface area contributed by atoms with E-state index in [1.54, 1.807) is 12.3 Å². The van der Waals surface area contributed by atoms with Crippen molar-refractivity contribution in [2.24, 2.45) is 0 Å². The van der Waals surface area contributed by atoms with E-state index in [-0.39, 0.29) is 5.69 Å². The summed E-state index contributed by atoms with van der Waals surface area (Å²) in [5, 5.41) is 11.9. The molecule has 1 aromatic rings. The van der Waals surface area contributed by atoms with Gasteiger partial charge >= 0.3 is 5.97 Å². The van der Waals surface area contributed by atoms with E-state index >= 15 is 0 Å². The first-order valence-corrected chi connectivity index (χ1v) is 4.20. The molecule has 1 atom stereocenters. The second-order valence-corrected chi connectivity index (χ2v) is 3.07. The molecule has 0 aromatic carbocycles. The minimum Gasteiger partial charge on any atom is -0.477 e. The van der Waals surface area contributed by atoms with Gasteiger partial charge in [0.25, 0.3) is 0 Å². The number of nitrogens with one attached hydrogen (secondary N) is 1. The van der Waals surface area contributed by atoms with Crippen LogP contribution in [0.3, 0.4) is 0 Å². The molecule has 2 N–H and O–H groups in total. The number of hydrogen-bond acceptors (Lipinski definition) is 3. The van der Waals surface area contributed by atoms with Gasteiger partial charge in [-0.05, 0) is 30.7 Å². The highest BCUT2D eigenvalue weighted by Gasteiger charge is 2.19. The van der Waals surface area contributed by atoms with Crippen molar-refractivity contribution in [3.05, 3.63) is 29.6 Å². The van der Waals surface area contributed by atoms with Crippen LogP contribution in [0.4, 0.5) is 0 Å². The van der Waals surface area contributed by atoms with Gasteiger partial charge in [-0.2, -0.15) is 0 Å². The number of aromatic carboxylic acids is 1. The van der Waals surface area contributed by atoms with Crippen LogP contribution in [0.1, 0.15) is 28.5 Å². The van der Waals surface area contributed by atoms with Crippen molar-refractivity contribution in [1.29, 1.82) is 0 Å². The predicted octanol–water partition coefficient (Wildman–Crippen LogP) is 0.814. The number of hydrogen-bond donors (Lipinski definition) is 2. The summed E-state index contributed by atoms with van der Waals surface area (Å²) in [7, 11) is 0. The van der Waals surface area contributed by atoms with Crippen molar-refractivity contribution in [3.63, 3.8) is 0 Å². The van der Waals surface area contributed by atoms with E-state index in [4.69, 9.17) is 5.11 Å². The molecule has 2 heterocycles. The van der Waals surface area contributed by atoms with Crippen LogP contribution in [-0.2, 0) is 0 Å². The smallest absolute Gasteiger partial charge is 0.354 e. The Bertz CT molecular complexity index is 334. The third kappa shape index (κ3) is 1.53. The highest BCUT2D eigenvalue weighted by Crippen LogP contribution is 2.22. The van der Waals surface area contributed by atoms with Crippen LogP contribution in [0.5, 0.6) is 0 Å². The first kappa shape index (κ1) is 8.19. The predicted molar refractivity (Wildman–Crippen MR) is 46.6 cm³/mol. The van der Waals surface area contributed by atoms with E-state index in [0.29, 0.717) is 6.04 Å². The molecule has 0 radical (unpaired) electrons. The first-order valence-electron chi connectivity index (χ1n) is 4.20. The van der Waals surface area contributed by atoms with Crippen LogP contribution in [0.15, 0.2) is 18.3 Å². The Morgan fingerprint density at radius 3 is 3.00 bits per heavy atom. The summed E-state index contributed by atoms with van der Waals surface area (Å²) in [5.74, 6) is -0.971. The van der Waals surface area contributed by atoms with Gasteiger partial charge in [-0.1, -0.05) is 0 Å². The highest BCUT2D eigenvalue weighted by atomic mass is 16.4. The molecule has 0 amide bonds. The Labute approximate surface area is 75.6 Å². The lowest BCUT2D eigenvalue weighted by Gasteiger charge is -2.27. The zero-order chi connectivity index (χ0) is 9.26. The average molecular weight is 178 g/mol. The molecule has 68 valence electrons. The Kier molecular flexibility index (Phi) is 1.98. The molecule has 0 unspecified atom stereocenters. The molecule has 2 rings (SSSR count). The van der Waals surface area contributed by atoms with E-state index in [9.17, 15) is 4.79 Å². The molecular weight excluding hydrogens is 168 g/mol. The van der Waals surface area contributed by atoms with Gasteiger partial charge in [0.05, 0.1) is 0 Å². The fourth-order valence-corrected chi connectivity index (χ4v) is 1.35. The van der Waals surface area contributed by atoms with Gasteiger partial charge < -0.3 is 10.4 Å². The molecule has 0 spiro atoms. The van der Waals surface area contributed by atoms with Crippen molar-refractivity contribution in [3.8, 4) is 0 Å². The summed E-state index contributed by atoms with van der Waals surface area (Å²) in [6, 6.07) is 3.80. The summed E-state index contributed by atoms with van der Waals surface area (Å²) in [6.07, 6.45) is 2.61. The molecule has 0 bridgehead atoms. The monoisotopic (exact) mass is 178 g/mol. The van der Waals surface area contributed by atoms with E-state index in [1.165, 1.54) is 0 Å². The number of carboxylic acids is 1. The van der Waals surface area contributed by atoms with Crippen LogP contribution < -0.4 is 5.32 Å². The third-order valence-corrected chi connectivity index (χ3v) is 2.23. The topological polar surface area (TPSA) is 62.2 Å². The molecule has 0 aliphatic carbocycles. The second-order valence-electron chi connectivity index (χ2n) is 3.07. The van der Waals surface area contributed by atoms with Gasteiger partial charge in [0.15, 0.2) is 0 Å². The Hall–Kier alpha value is -1.42. The molecule has 1 aromatic heterocycles. The number of carbonyl (C=O) groups is 1. The van der Waals surface area contributed by atoms with E-state index in [0.717, 1.165) is 18.5 Å². The fourth-order valence-electron chi connectivity index (χ4n) is 1.35. The molecule has 0 saturated carbocycles. The van der Waals surface area contributed by atoms with Crippen LogP contribution in [0, 0.1) is 0 Å². The maximum Gasteiger partial charge on any atom is 0.354 e. The summed E-state index contributed by atoms with van der Waals surface area (Å²) < 4.78 is 0. The van der Waals surface area contributed by atoms with Crippen LogP contribution in [0.25, 0.3) is 0 Å². The minimum atomic E-state index is -0.971. The van der Waals surface area contributed by atoms with Gasteiger partial charge in [0.2, 0.25) is 0 Å². The molecule has 1 aliphatic rings. The number of aromatic nitrogens is 1. The van der Waals surface area contributed by atoms with Crippen LogP contribution in [0.2, 0.25) is 0 Å². The zero-order valence-electron chi connectivity index (χ0n) is 7.03. The molecule has 1 aliphatic heterocycles. The van der Waals surface area contributed by atoms with E-state index < -0.39 is 5.97 Å². The Morgan fingerprint density at radius 1 is 1.69 bits per heavy atom. The van der Waals surface area contributed by atoms with Gasteiger partial charge in [-0.3, -0.25) is 0 Å². The summed E-state index contributed by atoms with van der Waals surface area (Å²) in [4.78, 5) is 14.4. The van der Waals surface area contributed by atoms with Crippen molar-refractivity contribution >= 4 is 5.97 Å². The maximum atomic E-state index is 10.6. The number of carboxylic acid groups (broad SMARTS) is 1. The lowest BCUT2D eigenvalue weighted by Crippen LogP contribution is -2.35. The van der Waals surface area contributed by atoms with Crippen LogP contribution >= 0.6 is 0 Å². The summed E-state index contributed by atoms with van der Waals surface area (Å²) in [6.45, 7) is 1.01. The first-order chi connectivity index (χ1) is 6.27. The normalized spacial score (nSPS) is 20.8. The average Bonchev–Trinajstić information content (AvgIpc) is 2.01. The van der Waals surface area contributed by atoms with Gasteiger partial charge in [0.1, 0.15) is 5.69 Å². The molecule has 4 heteroatoms. The highest BCUT2D eigenvalue weighted by molar-refractivity contribution is 5.85. The zero-order valence-corrected chi connectivity index (χ0v) is 7.03. The van der Waals surface area contributed by atoms with Crippen molar-refractivity contribution in [1.82, 2.24) is 10.3 Å². The van der Waals surface area contributed by atoms with Crippen molar-refractivity contribution in [2.45, 2.75) is 12.5 Å². The standard InChI is InChI=1S/C9H10N2O2/c12-9(13)8-5-6(1-3-11-8)7-2-4-10-7/h1,3,5,7,10H,2,4H2,(H,12,13)/t7-/m1/s1. The number of nitrogens with zero attached hydrogens (tertiary/aromatic N) is 1. The Balaban J connectivity index is 2.26. The fraction of sp³-hybridized carbons (Fsp3) is 0.333. The third-order valence-electron chi connectivity index (χ3n) is 2.23. The number of rotatable bonds is 2. The molecule has 13 heavy (non-hydrogen) atoms. The SMILES string of the molecule is O=C(O)c1cc([C@H]2CCN2)ccn1. The van der Waals surface area contributed by atoms with Gasteiger partial charge in [-0.25, -0.2) is 9.78 Å². The quantitative estimate of drug-likeness (QED) is 0.703. The summed E-state index contributed by atoms with van der Waals surface area (Å²) in [5.41, 5.74) is 1.13. The van der Waals surface area contributed by atoms with Crippen LogP contribution in [-0.4, -0.2) is 22.6 Å². The summed E-state index contributed by atoms with van der Waals surface area (Å²) >= 11 is 0. The largest absolute Gasteiger partial charge is 0.477 e. The maximum absolute atomic E-state index is 10.6. The Morgan fingerprint density at radius 2 is 2.46 bits per heavy atom. The molecule has 4 nitrogen and oxygen atoms in total. The lowest BCUT2D eigenvalue weighted by molar-refractivity contribution is 0.0690.